The zero-order valence-electron chi connectivity index (χ0n) is 14.8. The van der Waals surface area contributed by atoms with Crippen molar-refractivity contribution in [2.75, 3.05) is 11.9 Å². The molecule has 2 aromatic heterocycles. The lowest BCUT2D eigenvalue weighted by Gasteiger charge is -2.15. The molecule has 3 rings (SSSR count). The minimum atomic E-state index is -0.454. The minimum Gasteiger partial charge on any atom is -0.462 e. The third-order valence-electron chi connectivity index (χ3n) is 4.50. The van der Waals surface area contributed by atoms with Crippen LogP contribution in [-0.4, -0.2) is 28.3 Å². The van der Waals surface area contributed by atoms with Gasteiger partial charge >= 0.3 is 5.97 Å². The van der Waals surface area contributed by atoms with Gasteiger partial charge < -0.3 is 10.1 Å². The van der Waals surface area contributed by atoms with Crippen molar-refractivity contribution in [3.8, 4) is 0 Å². The van der Waals surface area contributed by atoms with Crippen LogP contribution in [0.1, 0.15) is 59.2 Å². The lowest BCUT2D eigenvalue weighted by atomic mass is 9.95. The van der Waals surface area contributed by atoms with Gasteiger partial charge in [-0.2, -0.15) is 5.10 Å². The summed E-state index contributed by atoms with van der Waals surface area (Å²) in [4.78, 5) is 26.3. The van der Waals surface area contributed by atoms with Crippen LogP contribution in [0.15, 0.2) is 12.3 Å². The number of ether oxygens (including phenoxy) is 1. The molecule has 1 aliphatic carbocycles. The molecule has 0 bridgehead atoms. The van der Waals surface area contributed by atoms with E-state index in [1.54, 1.807) is 24.7 Å². The Bertz CT molecular complexity index is 794. The number of carbonyl (C=O) groups excluding carboxylic acids is 2. The molecule has 0 saturated carbocycles. The molecular formula is C18H23N3O3S. The predicted octanol–water partition coefficient (Wildman–Crippen LogP) is 3.51. The van der Waals surface area contributed by atoms with Gasteiger partial charge in [-0.05, 0) is 58.1 Å². The van der Waals surface area contributed by atoms with Crippen molar-refractivity contribution in [2.45, 2.75) is 52.5 Å². The van der Waals surface area contributed by atoms with Crippen molar-refractivity contribution in [1.29, 1.82) is 0 Å². The summed E-state index contributed by atoms with van der Waals surface area (Å²) in [6, 6.07) is 1.40. The number of aromatic nitrogens is 2. The number of nitrogens with zero attached hydrogens (tertiary/aromatic N) is 2. The summed E-state index contributed by atoms with van der Waals surface area (Å²) in [5, 5.41) is 7.74. The molecule has 0 fully saturated rings. The number of fused-ring (bicyclic) bond motifs is 1. The molecule has 0 spiro atoms. The third kappa shape index (κ3) is 3.46. The lowest BCUT2D eigenvalue weighted by molar-refractivity contribution is -0.119. The number of hydrogen-bond acceptors (Lipinski definition) is 5. The van der Waals surface area contributed by atoms with Crippen LogP contribution >= 0.6 is 11.3 Å². The molecule has 134 valence electrons. The first-order chi connectivity index (χ1) is 12.0. The third-order valence-corrected chi connectivity index (χ3v) is 5.71. The first kappa shape index (κ1) is 17.7. The summed E-state index contributed by atoms with van der Waals surface area (Å²) in [6.07, 6.45) is 5.67. The highest BCUT2D eigenvalue weighted by Crippen LogP contribution is 2.38. The highest BCUT2D eigenvalue weighted by molar-refractivity contribution is 7.17. The number of thiophene rings is 1. The van der Waals surface area contributed by atoms with Crippen LogP contribution in [0.25, 0.3) is 0 Å². The fourth-order valence-corrected chi connectivity index (χ4v) is 4.47. The number of carbonyl (C=O) groups is 2. The van der Waals surface area contributed by atoms with E-state index in [0.717, 1.165) is 36.9 Å². The first-order valence-electron chi connectivity index (χ1n) is 8.65. The Morgan fingerprint density at radius 2 is 2.16 bits per heavy atom. The van der Waals surface area contributed by atoms with E-state index in [9.17, 15) is 9.59 Å². The monoisotopic (exact) mass is 361 g/mol. The Morgan fingerprint density at radius 3 is 2.84 bits per heavy atom. The number of rotatable bonds is 5. The molecule has 2 heterocycles. The Kier molecular flexibility index (Phi) is 5.22. The quantitative estimate of drug-likeness (QED) is 0.827. The molecule has 0 aliphatic heterocycles. The number of aryl methyl sites for hydroxylation is 2. The molecule has 1 N–H and O–H groups in total. The van der Waals surface area contributed by atoms with Gasteiger partial charge in [-0.15, -0.1) is 11.3 Å². The van der Waals surface area contributed by atoms with E-state index < -0.39 is 6.04 Å². The number of hydrogen-bond donors (Lipinski definition) is 1. The van der Waals surface area contributed by atoms with Gasteiger partial charge in [0.15, 0.2) is 0 Å². The van der Waals surface area contributed by atoms with E-state index in [0.29, 0.717) is 17.2 Å². The standard InChI is InChI=1S/C18H23N3O3S/c1-4-24-18(23)15-13-7-5-6-8-14(13)25-17(15)20-16(22)12(3)21-11(2)9-10-19-21/h9-10,12H,4-8H2,1-3H3,(H,20,22). The van der Waals surface area contributed by atoms with Crippen LogP contribution in [0.4, 0.5) is 5.00 Å². The molecule has 1 aliphatic rings. The maximum atomic E-state index is 12.7. The van der Waals surface area contributed by atoms with Crippen LogP contribution in [0.2, 0.25) is 0 Å². The van der Waals surface area contributed by atoms with Crippen molar-refractivity contribution in [3.63, 3.8) is 0 Å². The van der Waals surface area contributed by atoms with E-state index in [1.807, 2.05) is 13.0 Å². The fraction of sp³-hybridized carbons (Fsp3) is 0.500. The van der Waals surface area contributed by atoms with Gasteiger partial charge in [-0.1, -0.05) is 0 Å². The van der Waals surface area contributed by atoms with Gasteiger partial charge in [0.25, 0.3) is 0 Å². The van der Waals surface area contributed by atoms with Crippen LogP contribution in [0, 0.1) is 6.92 Å². The zero-order chi connectivity index (χ0) is 18.0. The second kappa shape index (κ2) is 7.39. The first-order valence-corrected chi connectivity index (χ1v) is 9.47. The Balaban J connectivity index is 1.89. The highest BCUT2D eigenvalue weighted by atomic mass is 32.1. The molecule has 1 atom stereocenters. The van der Waals surface area contributed by atoms with Crippen molar-refractivity contribution in [3.05, 3.63) is 34.0 Å². The maximum absolute atomic E-state index is 12.7. The largest absolute Gasteiger partial charge is 0.462 e. The second-order valence-electron chi connectivity index (χ2n) is 6.22. The number of anilines is 1. The molecular weight excluding hydrogens is 338 g/mol. The fourth-order valence-electron chi connectivity index (χ4n) is 3.19. The summed E-state index contributed by atoms with van der Waals surface area (Å²) in [6.45, 7) is 5.81. The molecule has 6 nitrogen and oxygen atoms in total. The number of nitrogens with one attached hydrogen (secondary N) is 1. The smallest absolute Gasteiger partial charge is 0.341 e. The Hall–Kier alpha value is -2.15. The summed E-state index contributed by atoms with van der Waals surface area (Å²) in [5.41, 5.74) is 2.51. The second-order valence-corrected chi connectivity index (χ2v) is 7.32. The predicted molar refractivity (Wildman–Crippen MR) is 97.2 cm³/mol. The van der Waals surface area contributed by atoms with Crippen LogP contribution < -0.4 is 5.32 Å². The van der Waals surface area contributed by atoms with Crippen LogP contribution in [0.3, 0.4) is 0 Å². The van der Waals surface area contributed by atoms with Gasteiger partial charge in [-0.25, -0.2) is 4.79 Å². The van der Waals surface area contributed by atoms with Crippen LogP contribution in [0.5, 0.6) is 0 Å². The minimum absolute atomic E-state index is 0.184. The van der Waals surface area contributed by atoms with Gasteiger partial charge in [0, 0.05) is 16.8 Å². The van der Waals surface area contributed by atoms with E-state index in [4.69, 9.17) is 4.74 Å². The lowest BCUT2D eigenvalue weighted by Crippen LogP contribution is -2.25. The average Bonchev–Trinajstić information content (AvgIpc) is 3.17. The Morgan fingerprint density at radius 1 is 1.40 bits per heavy atom. The van der Waals surface area contributed by atoms with Gasteiger partial charge in [-0.3, -0.25) is 9.48 Å². The SMILES string of the molecule is CCOC(=O)c1c(NC(=O)C(C)n2nccc2C)sc2c1CCCC2. The molecule has 2 aromatic rings. The summed E-state index contributed by atoms with van der Waals surface area (Å²) < 4.78 is 6.90. The maximum Gasteiger partial charge on any atom is 0.341 e. The normalized spacial score (nSPS) is 14.7. The van der Waals surface area contributed by atoms with Gasteiger partial charge in [0.1, 0.15) is 11.0 Å². The molecule has 1 amide bonds. The molecule has 1 unspecified atom stereocenters. The summed E-state index contributed by atoms with van der Waals surface area (Å²) in [5.74, 6) is -0.531. The Labute approximate surface area is 151 Å². The van der Waals surface area contributed by atoms with E-state index >= 15 is 0 Å². The molecule has 25 heavy (non-hydrogen) atoms. The summed E-state index contributed by atoms with van der Waals surface area (Å²) >= 11 is 1.50. The van der Waals surface area contributed by atoms with E-state index in [-0.39, 0.29) is 11.9 Å². The molecule has 7 heteroatoms. The summed E-state index contributed by atoms with van der Waals surface area (Å²) in [7, 11) is 0. The molecule has 0 saturated heterocycles. The number of amides is 1. The van der Waals surface area contributed by atoms with E-state index in [1.165, 1.54) is 16.2 Å². The van der Waals surface area contributed by atoms with Gasteiger partial charge in [0.05, 0.1) is 12.2 Å². The van der Waals surface area contributed by atoms with Crippen molar-refractivity contribution < 1.29 is 14.3 Å². The van der Waals surface area contributed by atoms with Crippen molar-refractivity contribution >= 4 is 28.2 Å². The molecule has 0 radical (unpaired) electrons. The van der Waals surface area contributed by atoms with Crippen LogP contribution in [-0.2, 0) is 22.4 Å². The van der Waals surface area contributed by atoms with Crippen molar-refractivity contribution in [1.82, 2.24) is 9.78 Å². The molecule has 0 aromatic carbocycles. The zero-order valence-corrected chi connectivity index (χ0v) is 15.6. The van der Waals surface area contributed by atoms with Gasteiger partial charge in [0.2, 0.25) is 5.91 Å². The number of esters is 1. The van der Waals surface area contributed by atoms with E-state index in [2.05, 4.69) is 10.4 Å². The topological polar surface area (TPSA) is 73.2 Å². The van der Waals surface area contributed by atoms with Crippen molar-refractivity contribution in [2.24, 2.45) is 0 Å². The highest BCUT2D eigenvalue weighted by Gasteiger charge is 2.28. The average molecular weight is 361 g/mol.